The Hall–Kier alpha value is -1.81. The van der Waals surface area contributed by atoms with Gasteiger partial charge in [0, 0.05) is 5.56 Å². The predicted molar refractivity (Wildman–Crippen MR) is 48.7 cm³/mol. The van der Waals surface area contributed by atoms with E-state index in [0.29, 0.717) is 5.56 Å². The van der Waals surface area contributed by atoms with Crippen molar-refractivity contribution in [3.63, 3.8) is 0 Å². The Labute approximate surface area is 71.7 Å². The lowest BCUT2D eigenvalue weighted by atomic mass is 10.1. The SMILES string of the molecule is C#CC=CC(=O)c1ccccc1. The number of ketones is 1. The highest BCUT2D eigenvalue weighted by atomic mass is 16.1. The molecule has 1 rings (SSSR count). The van der Waals surface area contributed by atoms with Gasteiger partial charge in [0.05, 0.1) is 0 Å². The van der Waals surface area contributed by atoms with E-state index in [0.717, 1.165) is 0 Å². The smallest absolute Gasteiger partial charge is 0.186 e. The second-order valence-corrected chi connectivity index (χ2v) is 2.23. The molecular formula is C11H8O. The van der Waals surface area contributed by atoms with Crippen LogP contribution in [-0.2, 0) is 0 Å². The second kappa shape index (κ2) is 4.15. The Morgan fingerprint density at radius 3 is 2.58 bits per heavy atom. The highest BCUT2D eigenvalue weighted by Crippen LogP contribution is 1.99. The van der Waals surface area contributed by atoms with Gasteiger partial charge in [0.25, 0.3) is 0 Å². The van der Waals surface area contributed by atoms with Crippen LogP contribution in [0.5, 0.6) is 0 Å². The lowest BCUT2D eigenvalue weighted by Gasteiger charge is -1.91. The maximum Gasteiger partial charge on any atom is 0.186 e. The van der Waals surface area contributed by atoms with Crippen LogP contribution in [0.25, 0.3) is 0 Å². The summed E-state index contributed by atoms with van der Waals surface area (Å²) in [4.78, 5) is 11.2. The molecular weight excluding hydrogens is 148 g/mol. The van der Waals surface area contributed by atoms with Gasteiger partial charge in [0.15, 0.2) is 5.78 Å². The van der Waals surface area contributed by atoms with Crippen molar-refractivity contribution in [1.29, 1.82) is 0 Å². The summed E-state index contributed by atoms with van der Waals surface area (Å²) in [5.74, 6) is 2.21. The quantitative estimate of drug-likeness (QED) is 0.364. The molecule has 58 valence electrons. The van der Waals surface area contributed by atoms with E-state index < -0.39 is 0 Å². The van der Waals surface area contributed by atoms with Crippen LogP contribution in [-0.4, -0.2) is 5.78 Å². The van der Waals surface area contributed by atoms with Crippen LogP contribution >= 0.6 is 0 Å². The Kier molecular flexibility index (Phi) is 2.87. The minimum atomic E-state index is -0.0615. The molecule has 12 heavy (non-hydrogen) atoms. The van der Waals surface area contributed by atoms with E-state index in [1.807, 2.05) is 18.2 Å². The Morgan fingerprint density at radius 1 is 1.33 bits per heavy atom. The van der Waals surface area contributed by atoms with Gasteiger partial charge in [-0.15, -0.1) is 6.42 Å². The summed E-state index contributed by atoms with van der Waals surface area (Å²) in [6.45, 7) is 0. The Morgan fingerprint density at radius 2 is 2.00 bits per heavy atom. The van der Waals surface area contributed by atoms with Crippen molar-refractivity contribution in [1.82, 2.24) is 0 Å². The molecule has 0 radical (unpaired) electrons. The number of allylic oxidation sites excluding steroid dienone is 2. The first-order chi connectivity index (χ1) is 5.84. The van der Waals surface area contributed by atoms with Crippen molar-refractivity contribution < 1.29 is 4.79 Å². The number of carbonyl (C=O) groups is 1. The van der Waals surface area contributed by atoms with E-state index >= 15 is 0 Å². The zero-order valence-corrected chi connectivity index (χ0v) is 6.53. The van der Waals surface area contributed by atoms with Gasteiger partial charge in [0.2, 0.25) is 0 Å². The number of hydrogen-bond acceptors (Lipinski definition) is 1. The normalized spacial score (nSPS) is 9.58. The number of terminal acetylenes is 1. The molecule has 0 bridgehead atoms. The third-order valence-corrected chi connectivity index (χ3v) is 1.39. The summed E-state index contributed by atoms with van der Waals surface area (Å²) in [6.07, 6.45) is 7.75. The maximum atomic E-state index is 11.2. The van der Waals surface area contributed by atoms with E-state index in [9.17, 15) is 4.79 Å². The molecule has 0 aromatic heterocycles. The fourth-order valence-electron chi connectivity index (χ4n) is 0.822. The standard InChI is InChI=1S/C11H8O/c1-2-3-9-11(12)10-7-5-4-6-8-10/h1,3-9H. The Balaban J connectivity index is 2.81. The fraction of sp³-hybridized carbons (Fsp3) is 0. The average molecular weight is 156 g/mol. The first-order valence-corrected chi connectivity index (χ1v) is 3.56. The zero-order valence-electron chi connectivity index (χ0n) is 6.53. The zero-order chi connectivity index (χ0) is 8.81. The molecule has 0 spiro atoms. The molecule has 1 nitrogen and oxygen atoms in total. The maximum absolute atomic E-state index is 11.2. The van der Waals surface area contributed by atoms with Gasteiger partial charge in [-0.25, -0.2) is 0 Å². The second-order valence-electron chi connectivity index (χ2n) is 2.23. The van der Waals surface area contributed by atoms with Crippen molar-refractivity contribution in [3.05, 3.63) is 48.0 Å². The molecule has 1 heteroatoms. The van der Waals surface area contributed by atoms with Crippen LogP contribution < -0.4 is 0 Å². The molecule has 1 aromatic carbocycles. The monoisotopic (exact) mass is 156 g/mol. The highest BCUT2D eigenvalue weighted by Gasteiger charge is 1.97. The van der Waals surface area contributed by atoms with Gasteiger partial charge < -0.3 is 0 Å². The van der Waals surface area contributed by atoms with Crippen LogP contribution in [0.4, 0.5) is 0 Å². The molecule has 0 atom stereocenters. The van der Waals surface area contributed by atoms with E-state index in [2.05, 4.69) is 5.92 Å². The van der Waals surface area contributed by atoms with E-state index in [1.165, 1.54) is 12.2 Å². The van der Waals surface area contributed by atoms with Gasteiger partial charge >= 0.3 is 0 Å². The van der Waals surface area contributed by atoms with Crippen LogP contribution in [0.2, 0.25) is 0 Å². The first-order valence-electron chi connectivity index (χ1n) is 3.56. The molecule has 0 N–H and O–H groups in total. The number of carbonyl (C=O) groups excluding carboxylic acids is 1. The van der Waals surface area contributed by atoms with Crippen molar-refractivity contribution in [3.8, 4) is 12.3 Å². The number of benzene rings is 1. The van der Waals surface area contributed by atoms with E-state index in [1.54, 1.807) is 12.1 Å². The van der Waals surface area contributed by atoms with Crippen molar-refractivity contribution in [2.75, 3.05) is 0 Å². The van der Waals surface area contributed by atoms with Gasteiger partial charge in [-0.1, -0.05) is 36.3 Å². The lowest BCUT2D eigenvalue weighted by Crippen LogP contribution is -1.92. The molecule has 0 heterocycles. The van der Waals surface area contributed by atoms with Crippen molar-refractivity contribution >= 4 is 5.78 Å². The van der Waals surface area contributed by atoms with Gasteiger partial charge in [-0.3, -0.25) is 4.79 Å². The van der Waals surface area contributed by atoms with Crippen molar-refractivity contribution in [2.45, 2.75) is 0 Å². The molecule has 1 aromatic rings. The predicted octanol–water partition coefficient (Wildman–Crippen LogP) is 2.06. The minimum absolute atomic E-state index is 0.0615. The Bertz CT molecular complexity index is 328. The van der Waals surface area contributed by atoms with Gasteiger partial charge in [0.1, 0.15) is 0 Å². The number of rotatable bonds is 2. The lowest BCUT2D eigenvalue weighted by molar-refractivity contribution is 0.104. The van der Waals surface area contributed by atoms with Gasteiger partial charge in [-0.05, 0) is 12.2 Å². The first kappa shape index (κ1) is 8.29. The van der Waals surface area contributed by atoms with Crippen LogP contribution in [0.3, 0.4) is 0 Å². The minimum Gasteiger partial charge on any atom is -0.289 e. The highest BCUT2D eigenvalue weighted by molar-refractivity contribution is 6.04. The summed E-state index contributed by atoms with van der Waals surface area (Å²) in [5, 5.41) is 0. The summed E-state index contributed by atoms with van der Waals surface area (Å²) < 4.78 is 0. The molecule has 0 aliphatic rings. The molecule has 0 amide bonds. The summed E-state index contributed by atoms with van der Waals surface area (Å²) in [7, 11) is 0. The molecule has 0 aliphatic carbocycles. The number of hydrogen-bond donors (Lipinski definition) is 0. The van der Waals surface area contributed by atoms with E-state index in [-0.39, 0.29) is 5.78 Å². The topological polar surface area (TPSA) is 17.1 Å². The van der Waals surface area contributed by atoms with Gasteiger partial charge in [-0.2, -0.15) is 0 Å². The fourth-order valence-corrected chi connectivity index (χ4v) is 0.822. The summed E-state index contributed by atoms with van der Waals surface area (Å²) >= 11 is 0. The molecule has 0 saturated carbocycles. The molecule has 0 saturated heterocycles. The van der Waals surface area contributed by atoms with Crippen LogP contribution in [0, 0.1) is 12.3 Å². The summed E-state index contributed by atoms with van der Waals surface area (Å²) in [6, 6.07) is 9.00. The third-order valence-electron chi connectivity index (χ3n) is 1.39. The van der Waals surface area contributed by atoms with Crippen LogP contribution in [0.1, 0.15) is 10.4 Å². The molecule has 0 unspecified atom stereocenters. The van der Waals surface area contributed by atoms with Crippen LogP contribution in [0.15, 0.2) is 42.5 Å². The van der Waals surface area contributed by atoms with E-state index in [4.69, 9.17) is 6.42 Å². The summed E-state index contributed by atoms with van der Waals surface area (Å²) in [5.41, 5.74) is 0.656. The van der Waals surface area contributed by atoms with Crippen molar-refractivity contribution in [2.24, 2.45) is 0 Å². The average Bonchev–Trinajstić information content (AvgIpc) is 2.15. The largest absolute Gasteiger partial charge is 0.289 e. The molecule has 0 aliphatic heterocycles. The third kappa shape index (κ3) is 2.10. The molecule has 0 fully saturated rings.